The number of hydrogen-bond acceptors (Lipinski definition) is 3. The molecule has 0 spiro atoms. The first-order valence-corrected chi connectivity index (χ1v) is 8.15. The minimum Gasteiger partial charge on any atom is -0.482 e. The van der Waals surface area contributed by atoms with Gasteiger partial charge in [0.05, 0.1) is 0 Å². The summed E-state index contributed by atoms with van der Waals surface area (Å²) >= 11 is 0. The van der Waals surface area contributed by atoms with Crippen LogP contribution in [0.2, 0.25) is 0 Å². The molecule has 0 aromatic heterocycles. The maximum Gasteiger partial charge on any atom is 0.341 e. The highest BCUT2D eigenvalue weighted by Crippen LogP contribution is 2.17. The topological polar surface area (TPSA) is 75.6 Å². The highest BCUT2D eigenvalue weighted by Gasteiger charge is 2.20. The van der Waals surface area contributed by atoms with Gasteiger partial charge in [-0.1, -0.05) is 39.3 Å². The molecule has 0 bridgehead atoms. The Labute approximate surface area is 138 Å². The first-order valence-electron chi connectivity index (χ1n) is 8.15. The molecule has 1 unspecified atom stereocenters. The number of aliphatic carboxylic acids is 1. The third-order valence-electron chi connectivity index (χ3n) is 3.74. The molecule has 0 aliphatic rings. The Morgan fingerprint density at radius 2 is 1.87 bits per heavy atom. The summed E-state index contributed by atoms with van der Waals surface area (Å²) in [5, 5.41) is 11.6. The summed E-state index contributed by atoms with van der Waals surface area (Å²) in [4.78, 5) is 22.6. The van der Waals surface area contributed by atoms with Crippen LogP contribution in [-0.4, -0.2) is 30.1 Å². The molecule has 0 saturated carbocycles. The first kappa shape index (κ1) is 19.0. The molecule has 23 heavy (non-hydrogen) atoms. The lowest BCUT2D eigenvalue weighted by atomic mass is 9.90. The fraction of sp³-hybridized carbons (Fsp3) is 0.556. The molecule has 128 valence electrons. The maximum absolute atomic E-state index is 12.2. The standard InChI is InChI=1S/C18H27NO4/c1-4-5-16(13(2)3)18(22)19-11-10-14-6-8-15(9-7-14)23-12-17(20)21/h6-9,13,16H,4-5,10-12H2,1-3H3,(H,19,22)(H,20,21). The van der Waals surface area contributed by atoms with Crippen LogP contribution in [0, 0.1) is 11.8 Å². The fourth-order valence-electron chi connectivity index (χ4n) is 2.44. The highest BCUT2D eigenvalue weighted by molar-refractivity contribution is 5.78. The molecular weight excluding hydrogens is 294 g/mol. The van der Waals surface area contributed by atoms with Crippen LogP contribution < -0.4 is 10.1 Å². The van der Waals surface area contributed by atoms with Crippen molar-refractivity contribution in [1.82, 2.24) is 5.32 Å². The Morgan fingerprint density at radius 1 is 1.22 bits per heavy atom. The van der Waals surface area contributed by atoms with Crippen molar-refractivity contribution >= 4 is 11.9 Å². The molecule has 0 heterocycles. The molecular formula is C18H27NO4. The van der Waals surface area contributed by atoms with E-state index in [0.717, 1.165) is 24.8 Å². The molecule has 0 aliphatic carbocycles. The van der Waals surface area contributed by atoms with Gasteiger partial charge >= 0.3 is 5.97 Å². The van der Waals surface area contributed by atoms with Gasteiger partial charge < -0.3 is 15.2 Å². The van der Waals surface area contributed by atoms with E-state index in [1.54, 1.807) is 12.1 Å². The van der Waals surface area contributed by atoms with Crippen molar-refractivity contribution in [1.29, 1.82) is 0 Å². The molecule has 2 N–H and O–H groups in total. The minimum absolute atomic E-state index is 0.0757. The second kappa shape index (κ2) is 9.87. The molecule has 0 saturated heterocycles. The zero-order valence-corrected chi connectivity index (χ0v) is 14.2. The van der Waals surface area contributed by atoms with E-state index in [-0.39, 0.29) is 18.4 Å². The third-order valence-corrected chi connectivity index (χ3v) is 3.74. The van der Waals surface area contributed by atoms with Crippen molar-refractivity contribution in [3.8, 4) is 5.75 Å². The smallest absolute Gasteiger partial charge is 0.341 e. The number of ether oxygens (including phenoxy) is 1. The van der Waals surface area contributed by atoms with Crippen LogP contribution in [0.3, 0.4) is 0 Å². The van der Waals surface area contributed by atoms with Crippen LogP contribution in [0.1, 0.15) is 39.2 Å². The van der Waals surface area contributed by atoms with E-state index in [4.69, 9.17) is 9.84 Å². The first-order chi connectivity index (χ1) is 10.9. The molecule has 5 nitrogen and oxygen atoms in total. The maximum atomic E-state index is 12.2. The van der Waals surface area contributed by atoms with Gasteiger partial charge in [0, 0.05) is 12.5 Å². The van der Waals surface area contributed by atoms with Crippen molar-refractivity contribution in [2.24, 2.45) is 11.8 Å². The number of amides is 1. The molecule has 1 rings (SSSR count). The van der Waals surface area contributed by atoms with Crippen LogP contribution in [0.15, 0.2) is 24.3 Å². The van der Waals surface area contributed by atoms with E-state index in [2.05, 4.69) is 26.1 Å². The number of carbonyl (C=O) groups excluding carboxylic acids is 1. The quantitative estimate of drug-likeness (QED) is 0.695. The fourth-order valence-corrected chi connectivity index (χ4v) is 2.44. The van der Waals surface area contributed by atoms with Gasteiger partial charge in [-0.2, -0.15) is 0 Å². The molecule has 0 fully saturated rings. The van der Waals surface area contributed by atoms with Gasteiger partial charge in [0.15, 0.2) is 6.61 Å². The van der Waals surface area contributed by atoms with Crippen molar-refractivity contribution in [3.63, 3.8) is 0 Å². The summed E-state index contributed by atoms with van der Waals surface area (Å²) in [6.45, 7) is 6.51. The summed E-state index contributed by atoms with van der Waals surface area (Å²) in [5.74, 6) is 0.0854. The second-order valence-corrected chi connectivity index (χ2v) is 6.01. The number of carboxylic acid groups (broad SMARTS) is 1. The zero-order valence-electron chi connectivity index (χ0n) is 14.2. The summed E-state index contributed by atoms with van der Waals surface area (Å²) < 4.78 is 5.08. The Bertz CT molecular complexity index is 496. The average molecular weight is 321 g/mol. The molecule has 1 amide bonds. The zero-order chi connectivity index (χ0) is 17.2. The average Bonchev–Trinajstić information content (AvgIpc) is 2.51. The molecule has 1 aromatic carbocycles. The Hall–Kier alpha value is -2.04. The number of rotatable bonds is 10. The number of carbonyl (C=O) groups is 2. The van der Waals surface area contributed by atoms with Crippen LogP contribution >= 0.6 is 0 Å². The lowest BCUT2D eigenvalue weighted by Gasteiger charge is -2.19. The summed E-state index contributed by atoms with van der Waals surface area (Å²) in [5.41, 5.74) is 1.07. The summed E-state index contributed by atoms with van der Waals surface area (Å²) in [7, 11) is 0. The van der Waals surface area contributed by atoms with Crippen molar-refractivity contribution in [2.45, 2.75) is 40.0 Å². The van der Waals surface area contributed by atoms with E-state index in [1.165, 1.54) is 0 Å². The predicted octanol–water partition coefficient (Wildman–Crippen LogP) is 2.88. The Balaban J connectivity index is 2.40. The molecule has 0 radical (unpaired) electrons. The van der Waals surface area contributed by atoms with Crippen molar-refractivity contribution in [3.05, 3.63) is 29.8 Å². The van der Waals surface area contributed by atoms with E-state index >= 15 is 0 Å². The predicted molar refractivity (Wildman–Crippen MR) is 89.5 cm³/mol. The summed E-state index contributed by atoms with van der Waals surface area (Å²) in [6.07, 6.45) is 2.66. The van der Waals surface area contributed by atoms with Gasteiger partial charge in [-0.25, -0.2) is 4.79 Å². The van der Waals surface area contributed by atoms with Crippen molar-refractivity contribution < 1.29 is 19.4 Å². The van der Waals surface area contributed by atoms with E-state index in [1.807, 2.05) is 12.1 Å². The van der Waals surface area contributed by atoms with E-state index < -0.39 is 5.97 Å². The van der Waals surface area contributed by atoms with Crippen LogP contribution in [0.25, 0.3) is 0 Å². The monoisotopic (exact) mass is 321 g/mol. The largest absolute Gasteiger partial charge is 0.482 e. The number of hydrogen-bond donors (Lipinski definition) is 2. The van der Waals surface area contributed by atoms with Gasteiger partial charge in [0.25, 0.3) is 0 Å². The molecule has 1 atom stereocenters. The highest BCUT2D eigenvalue weighted by atomic mass is 16.5. The van der Waals surface area contributed by atoms with E-state index in [0.29, 0.717) is 18.2 Å². The van der Waals surface area contributed by atoms with E-state index in [9.17, 15) is 9.59 Å². The number of benzene rings is 1. The summed E-state index contributed by atoms with van der Waals surface area (Å²) in [6, 6.07) is 7.26. The Kier molecular flexibility index (Phi) is 8.16. The van der Waals surface area contributed by atoms with Gasteiger partial charge in [-0.05, 0) is 36.5 Å². The minimum atomic E-state index is -0.997. The van der Waals surface area contributed by atoms with Gasteiger partial charge in [0.1, 0.15) is 5.75 Å². The normalized spacial score (nSPS) is 12.0. The van der Waals surface area contributed by atoms with Gasteiger partial charge in [-0.3, -0.25) is 4.79 Å². The van der Waals surface area contributed by atoms with Crippen LogP contribution in [0.4, 0.5) is 0 Å². The molecule has 0 aliphatic heterocycles. The SMILES string of the molecule is CCCC(C(=O)NCCc1ccc(OCC(=O)O)cc1)C(C)C. The number of carboxylic acids is 1. The van der Waals surface area contributed by atoms with Crippen molar-refractivity contribution in [2.75, 3.05) is 13.2 Å². The van der Waals surface area contributed by atoms with Gasteiger partial charge in [0.2, 0.25) is 5.91 Å². The van der Waals surface area contributed by atoms with Crippen LogP contribution in [0.5, 0.6) is 5.75 Å². The third kappa shape index (κ3) is 7.17. The molecule has 1 aromatic rings. The Morgan fingerprint density at radius 3 is 2.39 bits per heavy atom. The lowest BCUT2D eigenvalue weighted by molar-refractivity contribution is -0.139. The lowest BCUT2D eigenvalue weighted by Crippen LogP contribution is -2.34. The molecule has 5 heteroatoms. The van der Waals surface area contributed by atoms with Gasteiger partial charge in [-0.15, -0.1) is 0 Å². The second-order valence-electron chi connectivity index (χ2n) is 6.01. The number of nitrogens with one attached hydrogen (secondary N) is 1. The van der Waals surface area contributed by atoms with Crippen LogP contribution in [-0.2, 0) is 16.0 Å².